The van der Waals surface area contributed by atoms with E-state index in [0.29, 0.717) is 24.5 Å². The highest BCUT2D eigenvalue weighted by Gasteiger charge is 2.12. The standard InChI is InChI=1S/C19H19N7O/c1-27-12-15-8-4-7-14(21-15)10-26-11-18(24-25-26)17-9-16(22-19(20)23-17)13-5-2-3-6-13/h2-5,7-9,11H,6,10,12H2,1H3,(H2,20,22,23). The van der Waals surface area contributed by atoms with Crippen molar-refractivity contribution in [3.8, 4) is 11.4 Å². The number of ether oxygens (including phenoxy) is 1. The number of rotatable bonds is 6. The average molecular weight is 361 g/mol. The van der Waals surface area contributed by atoms with E-state index in [4.69, 9.17) is 10.5 Å². The molecule has 8 heteroatoms. The van der Waals surface area contributed by atoms with Crippen LogP contribution in [0.5, 0.6) is 0 Å². The van der Waals surface area contributed by atoms with Gasteiger partial charge in [-0.25, -0.2) is 14.6 Å². The number of aromatic nitrogens is 6. The molecule has 8 nitrogen and oxygen atoms in total. The van der Waals surface area contributed by atoms with E-state index in [0.717, 1.165) is 29.1 Å². The maximum atomic E-state index is 5.89. The predicted octanol–water partition coefficient (Wildman–Crippen LogP) is 2.25. The van der Waals surface area contributed by atoms with Gasteiger partial charge in [0.1, 0.15) is 5.69 Å². The molecule has 1 aliphatic rings. The summed E-state index contributed by atoms with van der Waals surface area (Å²) in [5.74, 6) is 0.221. The minimum absolute atomic E-state index is 0.221. The van der Waals surface area contributed by atoms with Gasteiger partial charge in [-0.3, -0.25) is 4.98 Å². The van der Waals surface area contributed by atoms with Crippen LogP contribution >= 0.6 is 0 Å². The van der Waals surface area contributed by atoms with Gasteiger partial charge in [0.25, 0.3) is 0 Å². The molecule has 4 rings (SSSR count). The molecular formula is C19H19N7O. The summed E-state index contributed by atoms with van der Waals surface area (Å²) in [4.78, 5) is 13.2. The Morgan fingerprint density at radius 1 is 1.11 bits per heavy atom. The van der Waals surface area contributed by atoms with E-state index < -0.39 is 0 Å². The Bertz CT molecular complexity index is 1020. The number of hydrogen-bond donors (Lipinski definition) is 1. The number of nitrogen functional groups attached to an aromatic ring is 1. The lowest BCUT2D eigenvalue weighted by atomic mass is 10.1. The first-order valence-corrected chi connectivity index (χ1v) is 8.56. The van der Waals surface area contributed by atoms with Crippen LogP contribution in [0.15, 0.2) is 48.7 Å². The van der Waals surface area contributed by atoms with Crippen molar-refractivity contribution in [2.24, 2.45) is 0 Å². The molecule has 0 bridgehead atoms. The second kappa shape index (κ2) is 7.46. The fourth-order valence-corrected chi connectivity index (χ4v) is 2.90. The van der Waals surface area contributed by atoms with Gasteiger partial charge in [0.15, 0.2) is 0 Å². The number of anilines is 1. The number of nitrogens with two attached hydrogens (primary N) is 1. The van der Waals surface area contributed by atoms with Crippen molar-refractivity contribution in [3.05, 3.63) is 65.8 Å². The molecule has 0 radical (unpaired) electrons. The molecule has 3 aromatic rings. The van der Waals surface area contributed by atoms with E-state index in [-0.39, 0.29) is 5.95 Å². The summed E-state index contributed by atoms with van der Waals surface area (Å²) >= 11 is 0. The van der Waals surface area contributed by atoms with Crippen molar-refractivity contribution in [1.82, 2.24) is 29.9 Å². The highest BCUT2D eigenvalue weighted by Crippen LogP contribution is 2.25. The highest BCUT2D eigenvalue weighted by molar-refractivity contribution is 5.71. The molecule has 0 aliphatic heterocycles. The topological polar surface area (TPSA) is 105 Å². The van der Waals surface area contributed by atoms with Gasteiger partial charge in [0, 0.05) is 7.11 Å². The molecule has 0 aromatic carbocycles. The summed E-state index contributed by atoms with van der Waals surface area (Å²) in [5, 5.41) is 8.42. The van der Waals surface area contributed by atoms with Gasteiger partial charge in [-0.1, -0.05) is 29.5 Å². The Labute approximate surface area is 156 Å². The Kier molecular flexibility index (Phi) is 4.71. The lowest BCUT2D eigenvalue weighted by Crippen LogP contribution is -2.04. The second-order valence-electron chi connectivity index (χ2n) is 6.18. The third-order valence-corrected chi connectivity index (χ3v) is 4.13. The molecule has 0 amide bonds. The summed E-state index contributed by atoms with van der Waals surface area (Å²) in [6.45, 7) is 0.983. The molecule has 0 atom stereocenters. The van der Waals surface area contributed by atoms with Gasteiger partial charge in [0.2, 0.25) is 5.95 Å². The Morgan fingerprint density at radius 2 is 1.96 bits per heavy atom. The van der Waals surface area contributed by atoms with Crippen molar-refractivity contribution in [2.45, 2.75) is 19.6 Å². The Balaban J connectivity index is 1.57. The first kappa shape index (κ1) is 17.0. The summed E-state index contributed by atoms with van der Waals surface area (Å²) in [5.41, 5.74) is 10.9. The average Bonchev–Trinajstić information content (AvgIpc) is 3.34. The van der Waals surface area contributed by atoms with Crippen LogP contribution < -0.4 is 5.73 Å². The van der Waals surface area contributed by atoms with Gasteiger partial charge < -0.3 is 10.5 Å². The quantitative estimate of drug-likeness (QED) is 0.718. The Morgan fingerprint density at radius 3 is 2.78 bits per heavy atom. The van der Waals surface area contributed by atoms with Crippen molar-refractivity contribution in [1.29, 1.82) is 0 Å². The van der Waals surface area contributed by atoms with E-state index in [1.807, 2.05) is 42.6 Å². The van der Waals surface area contributed by atoms with Crippen molar-refractivity contribution >= 4 is 11.5 Å². The van der Waals surface area contributed by atoms with E-state index in [1.54, 1.807) is 11.8 Å². The molecule has 3 aromatic heterocycles. The minimum Gasteiger partial charge on any atom is -0.378 e. The molecule has 0 saturated carbocycles. The van der Waals surface area contributed by atoms with Crippen molar-refractivity contribution in [2.75, 3.05) is 12.8 Å². The monoisotopic (exact) mass is 361 g/mol. The van der Waals surface area contributed by atoms with Crippen LogP contribution in [0.2, 0.25) is 0 Å². The van der Waals surface area contributed by atoms with Crippen LogP contribution in [0.1, 0.15) is 23.5 Å². The van der Waals surface area contributed by atoms with E-state index in [2.05, 4.69) is 31.3 Å². The van der Waals surface area contributed by atoms with Crippen LogP contribution in [-0.4, -0.2) is 37.1 Å². The van der Waals surface area contributed by atoms with Gasteiger partial charge in [-0.05, 0) is 30.2 Å². The maximum Gasteiger partial charge on any atom is 0.221 e. The normalized spacial score (nSPS) is 13.1. The fourth-order valence-electron chi connectivity index (χ4n) is 2.90. The van der Waals surface area contributed by atoms with Gasteiger partial charge in [-0.2, -0.15) is 0 Å². The molecule has 0 unspecified atom stereocenters. The first-order valence-electron chi connectivity index (χ1n) is 8.56. The molecule has 0 spiro atoms. The van der Waals surface area contributed by atoms with Crippen LogP contribution in [0.25, 0.3) is 17.0 Å². The molecule has 1 aliphatic carbocycles. The van der Waals surface area contributed by atoms with E-state index in [9.17, 15) is 0 Å². The molecule has 136 valence electrons. The third-order valence-electron chi connectivity index (χ3n) is 4.13. The van der Waals surface area contributed by atoms with Crippen LogP contribution in [0.3, 0.4) is 0 Å². The van der Waals surface area contributed by atoms with Crippen LogP contribution in [0.4, 0.5) is 5.95 Å². The molecular weight excluding hydrogens is 342 g/mol. The summed E-state index contributed by atoms with van der Waals surface area (Å²) in [6.07, 6.45) is 8.78. The van der Waals surface area contributed by atoms with E-state index >= 15 is 0 Å². The largest absolute Gasteiger partial charge is 0.378 e. The zero-order valence-electron chi connectivity index (χ0n) is 14.9. The predicted molar refractivity (Wildman–Crippen MR) is 101 cm³/mol. The van der Waals surface area contributed by atoms with Crippen molar-refractivity contribution in [3.63, 3.8) is 0 Å². The van der Waals surface area contributed by atoms with Gasteiger partial charge in [0.05, 0.1) is 42.1 Å². The smallest absolute Gasteiger partial charge is 0.221 e. The lowest BCUT2D eigenvalue weighted by molar-refractivity contribution is 0.181. The SMILES string of the molecule is COCc1cccc(Cn2cc(-c3cc(C4=CC=CC4)nc(N)n3)nn2)n1. The first-order chi connectivity index (χ1) is 13.2. The zero-order valence-corrected chi connectivity index (χ0v) is 14.9. The summed E-state index contributed by atoms with van der Waals surface area (Å²) in [7, 11) is 1.65. The minimum atomic E-state index is 0.221. The fraction of sp³-hybridized carbons (Fsp3) is 0.211. The Hall–Kier alpha value is -3.39. The van der Waals surface area contributed by atoms with Crippen LogP contribution in [0, 0.1) is 0 Å². The molecule has 3 heterocycles. The highest BCUT2D eigenvalue weighted by atomic mass is 16.5. The second-order valence-corrected chi connectivity index (χ2v) is 6.18. The van der Waals surface area contributed by atoms with Crippen molar-refractivity contribution < 1.29 is 4.74 Å². The molecule has 2 N–H and O–H groups in total. The van der Waals surface area contributed by atoms with Crippen LogP contribution in [-0.2, 0) is 17.9 Å². The molecule has 0 fully saturated rings. The molecule has 0 saturated heterocycles. The number of pyridine rings is 1. The number of methoxy groups -OCH3 is 1. The molecule has 27 heavy (non-hydrogen) atoms. The number of allylic oxidation sites excluding steroid dienone is 4. The number of nitrogens with zero attached hydrogens (tertiary/aromatic N) is 6. The zero-order chi connectivity index (χ0) is 18.6. The van der Waals surface area contributed by atoms with Gasteiger partial charge in [-0.15, -0.1) is 5.10 Å². The maximum absolute atomic E-state index is 5.89. The number of hydrogen-bond acceptors (Lipinski definition) is 7. The summed E-state index contributed by atoms with van der Waals surface area (Å²) in [6, 6.07) is 7.72. The van der Waals surface area contributed by atoms with Gasteiger partial charge >= 0.3 is 0 Å². The summed E-state index contributed by atoms with van der Waals surface area (Å²) < 4.78 is 6.85. The third kappa shape index (κ3) is 3.90. The lowest BCUT2D eigenvalue weighted by Gasteiger charge is -2.05. The van der Waals surface area contributed by atoms with E-state index in [1.165, 1.54) is 0 Å².